The Labute approximate surface area is 151 Å². The number of carbonyl (C=O) groups is 1. The maximum absolute atomic E-state index is 13.1. The standard InChI is InChI=1S/C23H29NO/c1-2-19-13-16-22(17-14-19)24(21-11-7-4-8-12-21)23(25)18-15-20-9-5-3-6-10-20/h4,7-8,11-14,16-17,20H,2-3,5-6,9-10,15,18H2,1H3. The summed E-state index contributed by atoms with van der Waals surface area (Å²) in [4.78, 5) is 15.0. The van der Waals surface area contributed by atoms with Crippen LogP contribution >= 0.6 is 0 Å². The number of nitrogens with zero attached hydrogens (tertiary/aromatic N) is 1. The lowest BCUT2D eigenvalue weighted by atomic mass is 9.86. The second-order valence-corrected chi connectivity index (χ2v) is 7.13. The van der Waals surface area contributed by atoms with Crippen LogP contribution in [0.15, 0.2) is 54.6 Å². The Bertz CT molecular complexity index is 656. The molecule has 1 amide bonds. The van der Waals surface area contributed by atoms with Crippen molar-refractivity contribution in [3.63, 3.8) is 0 Å². The highest BCUT2D eigenvalue weighted by Crippen LogP contribution is 2.30. The van der Waals surface area contributed by atoms with Crippen molar-refractivity contribution < 1.29 is 4.79 Å². The van der Waals surface area contributed by atoms with E-state index >= 15 is 0 Å². The maximum atomic E-state index is 13.1. The van der Waals surface area contributed by atoms with Crippen LogP contribution in [-0.2, 0) is 11.2 Å². The second kappa shape index (κ2) is 8.84. The summed E-state index contributed by atoms with van der Waals surface area (Å²) in [5.41, 5.74) is 3.23. The van der Waals surface area contributed by atoms with Crippen LogP contribution in [0.2, 0.25) is 0 Å². The number of benzene rings is 2. The average molecular weight is 335 g/mol. The number of rotatable bonds is 6. The summed E-state index contributed by atoms with van der Waals surface area (Å²) in [6, 6.07) is 18.4. The number of hydrogen-bond acceptors (Lipinski definition) is 1. The molecule has 0 aliphatic heterocycles. The first kappa shape index (κ1) is 17.7. The van der Waals surface area contributed by atoms with Gasteiger partial charge in [-0.1, -0.05) is 69.4 Å². The van der Waals surface area contributed by atoms with Crippen LogP contribution in [0.25, 0.3) is 0 Å². The molecular formula is C23H29NO. The first-order valence-corrected chi connectivity index (χ1v) is 9.75. The fraction of sp³-hybridized carbons (Fsp3) is 0.435. The smallest absolute Gasteiger partial charge is 0.231 e. The van der Waals surface area contributed by atoms with Crippen molar-refractivity contribution in [3.8, 4) is 0 Å². The summed E-state index contributed by atoms with van der Waals surface area (Å²) in [7, 11) is 0. The molecule has 1 aliphatic rings. The van der Waals surface area contributed by atoms with Gasteiger partial charge in [-0.25, -0.2) is 0 Å². The van der Waals surface area contributed by atoms with E-state index in [2.05, 4.69) is 31.2 Å². The maximum Gasteiger partial charge on any atom is 0.231 e. The predicted molar refractivity (Wildman–Crippen MR) is 105 cm³/mol. The zero-order chi connectivity index (χ0) is 17.5. The van der Waals surface area contributed by atoms with Gasteiger partial charge in [0.15, 0.2) is 0 Å². The van der Waals surface area contributed by atoms with Crippen molar-refractivity contribution in [2.75, 3.05) is 4.90 Å². The number of amides is 1. The number of carbonyl (C=O) groups excluding carboxylic acids is 1. The number of aryl methyl sites for hydroxylation is 1. The van der Waals surface area contributed by atoms with Gasteiger partial charge in [0.25, 0.3) is 0 Å². The van der Waals surface area contributed by atoms with Gasteiger partial charge in [-0.15, -0.1) is 0 Å². The van der Waals surface area contributed by atoms with Crippen LogP contribution in [0.4, 0.5) is 11.4 Å². The van der Waals surface area contributed by atoms with Crippen LogP contribution in [0.5, 0.6) is 0 Å². The van der Waals surface area contributed by atoms with Crippen LogP contribution in [0, 0.1) is 5.92 Å². The predicted octanol–water partition coefficient (Wildman–Crippen LogP) is 6.27. The van der Waals surface area contributed by atoms with Gasteiger partial charge >= 0.3 is 0 Å². The molecule has 1 fully saturated rings. The van der Waals surface area contributed by atoms with E-state index in [1.165, 1.54) is 37.7 Å². The minimum absolute atomic E-state index is 0.209. The van der Waals surface area contributed by atoms with Gasteiger partial charge in [0, 0.05) is 17.8 Å². The minimum atomic E-state index is 0.209. The molecule has 0 atom stereocenters. The lowest BCUT2D eigenvalue weighted by molar-refractivity contribution is -0.118. The van der Waals surface area contributed by atoms with Crippen molar-refractivity contribution in [1.29, 1.82) is 0 Å². The Kier molecular flexibility index (Phi) is 6.27. The molecule has 0 heterocycles. The highest BCUT2D eigenvalue weighted by atomic mass is 16.2. The van der Waals surface area contributed by atoms with Gasteiger partial charge in [0.2, 0.25) is 5.91 Å². The first-order chi connectivity index (χ1) is 12.3. The molecule has 132 valence electrons. The summed E-state index contributed by atoms with van der Waals surface area (Å²) in [5.74, 6) is 0.943. The minimum Gasteiger partial charge on any atom is -0.281 e. The Balaban J connectivity index is 1.76. The third-order valence-electron chi connectivity index (χ3n) is 5.36. The van der Waals surface area contributed by atoms with Gasteiger partial charge in [-0.05, 0) is 48.6 Å². The van der Waals surface area contributed by atoms with Crippen molar-refractivity contribution in [2.45, 2.75) is 58.3 Å². The lowest BCUT2D eigenvalue weighted by Crippen LogP contribution is -2.26. The Hall–Kier alpha value is -2.09. The first-order valence-electron chi connectivity index (χ1n) is 9.75. The lowest BCUT2D eigenvalue weighted by Gasteiger charge is -2.26. The topological polar surface area (TPSA) is 20.3 Å². The van der Waals surface area contributed by atoms with Gasteiger partial charge in [-0.3, -0.25) is 9.69 Å². The Morgan fingerprint density at radius 1 is 0.920 bits per heavy atom. The zero-order valence-corrected chi connectivity index (χ0v) is 15.3. The molecule has 1 aliphatic carbocycles. The van der Waals surface area contributed by atoms with Crippen LogP contribution in [0.1, 0.15) is 57.4 Å². The highest BCUT2D eigenvalue weighted by molar-refractivity contribution is 6.00. The zero-order valence-electron chi connectivity index (χ0n) is 15.3. The van der Waals surface area contributed by atoms with Gasteiger partial charge < -0.3 is 0 Å². The Morgan fingerprint density at radius 2 is 1.56 bits per heavy atom. The van der Waals surface area contributed by atoms with Crippen LogP contribution < -0.4 is 4.90 Å². The fourth-order valence-electron chi connectivity index (χ4n) is 3.81. The van der Waals surface area contributed by atoms with Gasteiger partial charge in [0.05, 0.1) is 0 Å². The van der Waals surface area contributed by atoms with E-state index in [0.717, 1.165) is 30.1 Å². The highest BCUT2D eigenvalue weighted by Gasteiger charge is 2.20. The van der Waals surface area contributed by atoms with Gasteiger partial charge in [-0.2, -0.15) is 0 Å². The normalized spacial score (nSPS) is 15.1. The third-order valence-corrected chi connectivity index (χ3v) is 5.36. The molecule has 2 aromatic carbocycles. The number of hydrogen-bond donors (Lipinski definition) is 0. The largest absolute Gasteiger partial charge is 0.281 e. The third kappa shape index (κ3) is 4.72. The molecule has 1 saturated carbocycles. The Morgan fingerprint density at radius 3 is 2.20 bits per heavy atom. The average Bonchev–Trinajstić information content (AvgIpc) is 2.69. The molecule has 0 N–H and O–H groups in total. The molecule has 0 unspecified atom stereocenters. The van der Waals surface area contributed by atoms with E-state index in [1.54, 1.807) is 0 Å². The monoisotopic (exact) mass is 335 g/mol. The van der Waals surface area contributed by atoms with E-state index in [-0.39, 0.29) is 5.91 Å². The summed E-state index contributed by atoms with van der Waals surface area (Å²) >= 11 is 0. The quantitative estimate of drug-likeness (QED) is 0.609. The van der Waals surface area contributed by atoms with E-state index in [0.29, 0.717) is 6.42 Å². The number of para-hydroxylation sites is 1. The SMILES string of the molecule is CCc1ccc(N(C(=O)CCC2CCCCC2)c2ccccc2)cc1. The summed E-state index contributed by atoms with van der Waals surface area (Å²) in [5, 5.41) is 0. The molecule has 0 spiro atoms. The second-order valence-electron chi connectivity index (χ2n) is 7.13. The van der Waals surface area contributed by atoms with E-state index in [4.69, 9.17) is 0 Å². The molecule has 0 aromatic heterocycles. The molecule has 0 radical (unpaired) electrons. The fourth-order valence-corrected chi connectivity index (χ4v) is 3.81. The molecule has 25 heavy (non-hydrogen) atoms. The van der Waals surface area contributed by atoms with Crippen LogP contribution in [0.3, 0.4) is 0 Å². The molecular weight excluding hydrogens is 306 g/mol. The molecule has 0 saturated heterocycles. The van der Waals surface area contributed by atoms with Crippen LogP contribution in [-0.4, -0.2) is 5.91 Å². The van der Waals surface area contributed by atoms with E-state index < -0.39 is 0 Å². The molecule has 0 bridgehead atoms. The molecule has 2 aromatic rings. The number of anilines is 2. The summed E-state index contributed by atoms with van der Waals surface area (Å²) < 4.78 is 0. The van der Waals surface area contributed by atoms with Gasteiger partial charge in [0.1, 0.15) is 0 Å². The van der Waals surface area contributed by atoms with E-state index in [1.807, 2.05) is 35.2 Å². The summed E-state index contributed by atoms with van der Waals surface area (Å²) in [6.45, 7) is 2.15. The van der Waals surface area contributed by atoms with Crippen molar-refractivity contribution >= 4 is 17.3 Å². The molecule has 2 heteroatoms. The van der Waals surface area contributed by atoms with Crippen molar-refractivity contribution in [1.82, 2.24) is 0 Å². The van der Waals surface area contributed by atoms with Crippen molar-refractivity contribution in [2.24, 2.45) is 5.92 Å². The molecule has 2 nitrogen and oxygen atoms in total. The summed E-state index contributed by atoms with van der Waals surface area (Å²) in [6.07, 6.45) is 9.29. The van der Waals surface area contributed by atoms with Crippen molar-refractivity contribution in [3.05, 3.63) is 60.2 Å². The molecule has 3 rings (SSSR count). The van der Waals surface area contributed by atoms with E-state index in [9.17, 15) is 4.79 Å².